The second kappa shape index (κ2) is 3.40. The lowest BCUT2D eigenvalue weighted by Crippen LogP contribution is -2.44. The molecule has 0 spiro atoms. The fraction of sp³-hybridized carbons (Fsp3) is 0.889. The van der Waals surface area contributed by atoms with Gasteiger partial charge in [0.05, 0.1) is 11.4 Å². The highest BCUT2D eigenvalue weighted by Crippen LogP contribution is 2.56. The third-order valence-corrected chi connectivity index (χ3v) is 5.72. The summed E-state index contributed by atoms with van der Waals surface area (Å²) < 4.78 is 58.2. The minimum atomic E-state index is -4.32. The van der Waals surface area contributed by atoms with E-state index in [-0.39, 0.29) is 18.3 Å². The smallest absolute Gasteiger partial charge is 0.456 e. The molecule has 2 bridgehead atoms. The van der Waals surface area contributed by atoms with Crippen LogP contribution in [0, 0.1) is 11.8 Å². The molecule has 5 unspecified atom stereocenters. The van der Waals surface area contributed by atoms with Crippen molar-refractivity contribution in [2.45, 2.75) is 36.4 Å². The van der Waals surface area contributed by atoms with Crippen molar-refractivity contribution in [1.29, 1.82) is 0 Å². The molecule has 18 heavy (non-hydrogen) atoms. The molecule has 9 heteroatoms. The van der Waals surface area contributed by atoms with E-state index in [1.807, 2.05) is 0 Å². The highest BCUT2D eigenvalue weighted by atomic mass is 32.2. The number of aliphatic carboxylic acids is 1. The first-order chi connectivity index (χ1) is 8.22. The van der Waals surface area contributed by atoms with Crippen molar-refractivity contribution in [3.63, 3.8) is 0 Å². The Morgan fingerprint density at radius 1 is 1.39 bits per heavy atom. The Kier molecular flexibility index (Phi) is 2.31. The first-order valence-electron chi connectivity index (χ1n) is 5.43. The fourth-order valence-corrected chi connectivity index (χ4v) is 5.15. The maximum Gasteiger partial charge on any atom is 0.456 e. The molecule has 0 aromatic heterocycles. The van der Waals surface area contributed by atoms with Gasteiger partial charge in [-0.2, -0.15) is 17.2 Å². The van der Waals surface area contributed by atoms with E-state index in [4.69, 9.17) is 9.29 Å². The molecular weight excluding hydrogens is 274 g/mol. The molecule has 1 heterocycles. The Labute approximate surface area is 101 Å². The normalized spacial score (nSPS) is 44.4. The van der Waals surface area contributed by atoms with Gasteiger partial charge in [0, 0.05) is 5.92 Å². The van der Waals surface area contributed by atoms with Crippen LogP contribution in [0.2, 0.25) is 0 Å². The van der Waals surface area contributed by atoms with Gasteiger partial charge in [0.1, 0.15) is 6.10 Å². The Bertz CT molecular complexity index is 503. The first kappa shape index (κ1) is 12.2. The SMILES string of the molecule is O=C(O)C(F)(F)OC1C2CC3C1OS(=O)(=O)C3C2. The highest BCUT2D eigenvalue weighted by molar-refractivity contribution is 7.87. The molecule has 0 aromatic carbocycles. The third kappa shape index (κ3) is 1.50. The van der Waals surface area contributed by atoms with Gasteiger partial charge in [0.2, 0.25) is 0 Å². The number of rotatable bonds is 3. The number of alkyl halides is 2. The lowest BCUT2D eigenvalue weighted by molar-refractivity contribution is -0.275. The van der Waals surface area contributed by atoms with Crippen molar-refractivity contribution in [3.05, 3.63) is 0 Å². The zero-order valence-corrected chi connectivity index (χ0v) is 9.77. The quantitative estimate of drug-likeness (QED) is 0.744. The van der Waals surface area contributed by atoms with Crippen LogP contribution in [0.15, 0.2) is 0 Å². The maximum atomic E-state index is 13.0. The highest BCUT2D eigenvalue weighted by Gasteiger charge is 2.66. The number of carboxylic acid groups (broad SMARTS) is 1. The van der Waals surface area contributed by atoms with Gasteiger partial charge in [-0.3, -0.25) is 4.18 Å². The Hall–Kier alpha value is -0.800. The molecule has 1 N–H and O–H groups in total. The summed E-state index contributed by atoms with van der Waals surface area (Å²) in [5, 5.41) is 7.66. The summed E-state index contributed by atoms with van der Waals surface area (Å²) >= 11 is 0. The summed E-state index contributed by atoms with van der Waals surface area (Å²) in [7, 11) is -3.71. The van der Waals surface area contributed by atoms with Crippen LogP contribution in [0.4, 0.5) is 8.78 Å². The number of hydrogen-bond donors (Lipinski definition) is 1. The molecule has 102 valence electrons. The van der Waals surface area contributed by atoms with E-state index in [1.165, 1.54) is 0 Å². The number of fused-ring (bicyclic) bond motifs is 1. The van der Waals surface area contributed by atoms with Crippen LogP contribution in [-0.4, -0.2) is 43.1 Å². The summed E-state index contributed by atoms with van der Waals surface area (Å²) in [6.07, 6.45) is -5.84. The summed E-state index contributed by atoms with van der Waals surface area (Å²) in [4.78, 5) is 10.3. The van der Waals surface area contributed by atoms with E-state index >= 15 is 0 Å². The van der Waals surface area contributed by atoms with Crippen molar-refractivity contribution in [3.8, 4) is 0 Å². The van der Waals surface area contributed by atoms with E-state index in [9.17, 15) is 22.0 Å². The van der Waals surface area contributed by atoms with Gasteiger partial charge < -0.3 is 9.84 Å². The number of carboxylic acids is 1. The Morgan fingerprint density at radius 3 is 2.67 bits per heavy atom. The van der Waals surface area contributed by atoms with Crippen LogP contribution < -0.4 is 0 Å². The van der Waals surface area contributed by atoms with Gasteiger partial charge in [-0.05, 0) is 18.8 Å². The van der Waals surface area contributed by atoms with Crippen molar-refractivity contribution in [2.24, 2.45) is 11.8 Å². The molecule has 3 aliphatic rings. The minimum Gasteiger partial charge on any atom is -0.475 e. The molecule has 0 aromatic rings. The molecule has 1 aliphatic heterocycles. The molecule has 3 fully saturated rings. The second-order valence-corrected chi connectivity index (χ2v) is 6.68. The van der Waals surface area contributed by atoms with E-state index < -0.39 is 39.7 Å². The maximum absolute atomic E-state index is 13.0. The molecule has 1 saturated heterocycles. The number of carbonyl (C=O) groups is 1. The van der Waals surface area contributed by atoms with Crippen molar-refractivity contribution >= 4 is 16.1 Å². The zero-order chi connectivity index (χ0) is 13.3. The molecule has 2 aliphatic carbocycles. The van der Waals surface area contributed by atoms with Crippen molar-refractivity contribution in [2.75, 3.05) is 0 Å². The molecule has 5 atom stereocenters. The monoisotopic (exact) mass is 284 g/mol. The van der Waals surface area contributed by atoms with Crippen LogP contribution in [0.3, 0.4) is 0 Å². The van der Waals surface area contributed by atoms with Gasteiger partial charge in [0.15, 0.2) is 0 Å². The van der Waals surface area contributed by atoms with Crippen LogP contribution in [-0.2, 0) is 23.8 Å². The lowest BCUT2D eigenvalue weighted by atomic mass is 9.94. The predicted molar refractivity (Wildman–Crippen MR) is 51.3 cm³/mol. The average Bonchev–Trinajstić information content (AvgIpc) is 2.81. The number of halogens is 2. The fourth-order valence-electron chi connectivity index (χ4n) is 3.27. The first-order valence-corrected chi connectivity index (χ1v) is 6.90. The van der Waals surface area contributed by atoms with Gasteiger partial charge in [0.25, 0.3) is 10.1 Å². The predicted octanol–water partition coefficient (Wildman–Crippen LogP) is 0.186. The number of ether oxygens (including phenoxy) is 1. The van der Waals surface area contributed by atoms with Gasteiger partial charge in [-0.25, -0.2) is 4.79 Å². The minimum absolute atomic E-state index is 0.198. The largest absolute Gasteiger partial charge is 0.475 e. The summed E-state index contributed by atoms with van der Waals surface area (Å²) in [6, 6.07) is 0. The van der Waals surface area contributed by atoms with Crippen LogP contribution in [0.5, 0.6) is 0 Å². The van der Waals surface area contributed by atoms with E-state index in [2.05, 4.69) is 4.74 Å². The molecular formula is C9H10F2O6S. The molecule has 0 radical (unpaired) electrons. The van der Waals surface area contributed by atoms with Crippen molar-refractivity contribution < 1.29 is 36.0 Å². The average molecular weight is 284 g/mol. The third-order valence-electron chi connectivity index (χ3n) is 3.95. The Balaban J connectivity index is 1.84. The lowest BCUT2D eigenvalue weighted by Gasteiger charge is -2.27. The summed E-state index contributed by atoms with van der Waals surface area (Å²) in [5.74, 6) is -3.12. The summed E-state index contributed by atoms with van der Waals surface area (Å²) in [5.41, 5.74) is 0. The Morgan fingerprint density at radius 2 is 2.06 bits per heavy atom. The van der Waals surface area contributed by atoms with Crippen LogP contribution in [0.25, 0.3) is 0 Å². The standard InChI is InChI=1S/C9H10F2O6S/c10-9(11,8(12)13)16-6-3-1-4-5(2-3)18(14,15)17-7(4)6/h3-7H,1-2H2,(H,12,13). The van der Waals surface area contributed by atoms with E-state index in [0.29, 0.717) is 6.42 Å². The van der Waals surface area contributed by atoms with Gasteiger partial charge in [-0.15, -0.1) is 0 Å². The molecule has 0 amide bonds. The van der Waals surface area contributed by atoms with Crippen molar-refractivity contribution in [1.82, 2.24) is 0 Å². The number of hydrogen-bond acceptors (Lipinski definition) is 5. The molecule has 3 rings (SSSR count). The van der Waals surface area contributed by atoms with E-state index in [1.54, 1.807) is 0 Å². The van der Waals surface area contributed by atoms with Gasteiger partial charge in [-0.1, -0.05) is 0 Å². The van der Waals surface area contributed by atoms with Gasteiger partial charge >= 0.3 is 12.1 Å². The second-order valence-electron chi connectivity index (χ2n) is 4.89. The molecule has 6 nitrogen and oxygen atoms in total. The topological polar surface area (TPSA) is 89.9 Å². The van der Waals surface area contributed by atoms with E-state index in [0.717, 1.165) is 0 Å². The van der Waals surface area contributed by atoms with Crippen LogP contribution >= 0.6 is 0 Å². The molecule has 2 saturated carbocycles. The summed E-state index contributed by atoms with van der Waals surface area (Å²) in [6.45, 7) is 0. The zero-order valence-electron chi connectivity index (χ0n) is 8.95. The van der Waals surface area contributed by atoms with Crippen LogP contribution in [0.1, 0.15) is 12.8 Å².